The summed E-state index contributed by atoms with van der Waals surface area (Å²) in [4.78, 5) is 19.2. The molecule has 0 N–H and O–H groups in total. The molecule has 0 fully saturated rings. The van der Waals surface area contributed by atoms with Crippen LogP contribution in [0.4, 0.5) is 0 Å². The first-order valence-electron chi connectivity index (χ1n) is 13.6. The fourth-order valence-corrected chi connectivity index (χ4v) is 5.59. The number of nitrogens with zero attached hydrogens (tertiary/aromatic N) is 5. The molecule has 5 nitrogen and oxygen atoms in total. The Bertz CT molecular complexity index is 2160. The third-order valence-corrected chi connectivity index (χ3v) is 7.54. The molecule has 5 heteroatoms. The highest BCUT2D eigenvalue weighted by atomic mass is 15.1. The summed E-state index contributed by atoms with van der Waals surface area (Å²) < 4.78 is 2.18. The Hall–Kier alpha value is -5.68. The highest BCUT2D eigenvalue weighted by molar-refractivity contribution is 6.06. The summed E-state index contributed by atoms with van der Waals surface area (Å²) in [5, 5.41) is 3.52. The first-order chi connectivity index (χ1) is 20.3. The van der Waals surface area contributed by atoms with Crippen LogP contribution in [0.5, 0.6) is 0 Å². The number of para-hydroxylation sites is 1. The van der Waals surface area contributed by atoms with Crippen LogP contribution < -0.4 is 0 Å². The Kier molecular flexibility index (Phi) is 5.38. The van der Waals surface area contributed by atoms with Crippen molar-refractivity contribution in [1.82, 2.24) is 24.5 Å². The molecule has 0 radical (unpaired) electrons. The van der Waals surface area contributed by atoms with Gasteiger partial charge in [-0.1, -0.05) is 60.7 Å². The van der Waals surface area contributed by atoms with Gasteiger partial charge in [0.1, 0.15) is 5.82 Å². The number of fused-ring (bicyclic) bond motifs is 4. The van der Waals surface area contributed by atoms with E-state index in [4.69, 9.17) is 9.97 Å². The molecule has 0 spiro atoms. The van der Waals surface area contributed by atoms with Crippen LogP contribution in [0.2, 0.25) is 0 Å². The lowest BCUT2D eigenvalue weighted by molar-refractivity contribution is 1.08. The van der Waals surface area contributed by atoms with Crippen molar-refractivity contribution in [1.29, 1.82) is 0 Å². The Labute approximate surface area is 236 Å². The standard InChI is InChI=1S/C36H23N5/c1-2-8-26-21-27(15-14-24(26)7-1)28-22-31(25-16-19-37-20-17-25)39-32(23-28)30-10-5-13-35(40-30)41-33-11-4-3-9-29(33)36-34(41)12-6-18-38-36/h1-23H. The van der Waals surface area contributed by atoms with Crippen molar-refractivity contribution in [3.8, 4) is 39.6 Å². The molecule has 5 aromatic heterocycles. The summed E-state index contributed by atoms with van der Waals surface area (Å²) in [6, 6.07) is 41.8. The van der Waals surface area contributed by atoms with E-state index < -0.39 is 0 Å². The van der Waals surface area contributed by atoms with Crippen molar-refractivity contribution >= 4 is 32.7 Å². The molecule has 8 rings (SSSR count). The van der Waals surface area contributed by atoms with E-state index >= 15 is 0 Å². The van der Waals surface area contributed by atoms with Crippen molar-refractivity contribution in [3.05, 3.63) is 140 Å². The summed E-state index contributed by atoms with van der Waals surface area (Å²) in [6.07, 6.45) is 5.44. The lowest BCUT2D eigenvalue weighted by Crippen LogP contribution is -2.00. The first-order valence-corrected chi connectivity index (χ1v) is 13.6. The van der Waals surface area contributed by atoms with Crippen molar-refractivity contribution < 1.29 is 0 Å². The van der Waals surface area contributed by atoms with E-state index in [9.17, 15) is 0 Å². The maximum absolute atomic E-state index is 5.17. The Balaban J connectivity index is 1.33. The molecule has 0 aliphatic rings. The topological polar surface area (TPSA) is 56.5 Å². The van der Waals surface area contributed by atoms with Gasteiger partial charge in [0, 0.05) is 29.5 Å². The molecule has 0 amide bonds. The Morgan fingerprint density at radius 2 is 1.27 bits per heavy atom. The summed E-state index contributed by atoms with van der Waals surface area (Å²) in [5.74, 6) is 0.824. The van der Waals surface area contributed by atoms with Crippen LogP contribution in [0.15, 0.2) is 140 Å². The fourth-order valence-electron chi connectivity index (χ4n) is 5.59. The number of benzene rings is 3. The normalized spacial score (nSPS) is 11.4. The zero-order valence-electron chi connectivity index (χ0n) is 22.0. The third-order valence-electron chi connectivity index (χ3n) is 7.54. The number of aromatic nitrogens is 5. The zero-order chi connectivity index (χ0) is 27.2. The molecule has 0 bridgehead atoms. The quantitative estimate of drug-likeness (QED) is 0.231. The second kappa shape index (κ2) is 9.50. The second-order valence-electron chi connectivity index (χ2n) is 10.0. The zero-order valence-corrected chi connectivity index (χ0v) is 22.0. The van der Waals surface area contributed by atoms with Crippen LogP contribution in [0, 0.1) is 0 Å². The molecule has 192 valence electrons. The maximum Gasteiger partial charge on any atom is 0.138 e. The molecule has 0 atom stereocenters. The number of rotatable bonds is 4. The van der Waals surface area contributed by atoms with Crippen LogP contribution in [0.3, 0.4) is 0 Å². The van der Waals surface area contributed by atoms with Crippen LogP contribution in [-0.4, -0.2) is 24.5 Å². The molecule has 0 aliphatic carbocycles. The van der Waals surface area contributed by atoms with E-state index in [1.54, 1.807) is 12.4 Å². The minimum atomic E-state index is 0.801. The summed E-state index contributed by atoms with van der Waals surface area (Å²) >= 11 is 0. The predicted octanol–water partition coefficient (Wildman–Crippen LogP) is 8.52. The molecular formula is C36H23N5. The lowest BCUT2D eigenvalue weighted by Gasteiger charge is -2.12. The third kappa shape index (κ3) is 4.03. The van der Waals surface area contributed by atoms with Gasteiger partial charge >= 0.3 is 0 Å². The van der Waals surface area contributed by atoms with Crippen molar-refractivity contribution in [2.24, 2.45) is 0 Å². The highest BCUT2D eigenvalue weighted by Gasteiger charge is 2.15. The highest BCUT2D eigenvalue weighted by Crippen LogP contribution is 2.33. The van der Waals surface area contributed by atoms with Gasteiger partial charge in [-0.2, -0.15) is 0 Å². The minimum Gasteiger partial charge on any atom is -0.292 e. The minimum absolute atomic E-state index is 0.801. The SMILES string of the molecule is c1cc(-c2cc(-c3ccc4ccccc4c3)cc(-c3ccncc3)n2)nc(-n2c3ccccc3c3ncccc32)c1. The molecule has 0 unspecified atom stereocenters. The molecular weight excluding hydrogens is 502 g/mol. The Morgan fingerprint density at radius 3 is 2.20 bits per heavy atom. The predicted molar refractivity (Wildman–Crippen MR) is 166 cm³/mol. The maximum atomic E-state index is 5.17. The van der Waals surface area contributed by atoms with Gasteiger partial charge in [0.15, 0.2) is 0 Å². The average molecular weight is 526 g/mol. The lowest BCUT2D eigenvalue weighted by atomic mass is 9.99. The van der Waals surface area contributed by atoms with Crippen molar-refractivity contribution in [2.75, 3.05) is 0 Å². The van der Waals surface area contributed by atoms with E-state index in [1.165, 1.54) is 10.8 Å². The van der Waals surface area contributed by atoms with Gasteiger partial charge in [0.05, 0.1) is 33.6 Å². The van der Waals surface area contributed by atoms with Gasteiger partial charge in [-0.25, -0.2) is 9.97 Å². The molecule has 3 aromatic carbocycles. The van der Waals surface area contributed by atoms with Gasteiger partial charge in [-0.05, 0) is 82.6 Å². The van der Waals surface area contributed by atoms with E-state index in [1.807, 2.05) is 48.7 Å². The first kappa shape index (κ1) is 23.2. The summed E-state index contributed by atoms with van der Waals surface area (Å²) in [6.45, 7) is 0. The molecule has 0 aliphatic heterocycles. The van der Waals surface area contributed by atoms with Gasteiger partial charge < -0.3 is 0 Å². The van der Waals surface area contributed by atoms with E-state index in [2.05, 4.69) is 93.4 Å². The van der Waals surface area contributed by atoms with E-state index in [0.29, 0.717) is 0 Å². The molecule has 5 heterocycles. The average Bonchev–Trinajstić information content (AvgIpc) is 3.39. The van der Waals surface area contributed by atoms with Gasteiger partial charge in [-0.15, -0.1) is 0 Å². The van der Waals surface area contributed by atoms with Gasteiger partial charge in [0.2, 0.25) is 0 Å². The van der Waals surface area contributed by atoms with Crippen molar-refractivity contribution in [2.45, 2.75) is 0 Å². The smallest absolute Gasteiger partial charge is 0.138 e. The molecule has 0 saturated heterocycles. The number of pyridine rings is 4. The number of hydrogen-bond acceptors (Lipinski definition) is 4. The fraction of sp³-hybridized carbons (Fsp3) is 0. The summed E-state index contributed by atoms with van der Waals surface area (Å²) in [5.41, 5.74) is 8.77. The van der Waals surface area contributed by atoms with Gasteiger partial charge in [-0.3, -0.25) is 14.5 Å². The number of hydrogen-bond donors (Lipinski definition) is 0. The van der Waals surface area contributed by atoms with Gasteiger partial charge in [0.25, 0.3) is 0 Å². The monoisotopic (exact) mass is 525 g/mol. The van der Waals surface area contributed by atoms with Crippen LogP contribution in [0.25, 0.3) is 72.3 Å². The van der Waals surface area contributed by atoms with Crippen molar-refractivity contribution in [3.63, 3.8) is 0 Å². The Morgan fingerprint density at radius 1 is 0.463 bits per heavy atom. The molecule has 41 heavy (non-hydrogen) atoms. The molecule has 8 aromatic rings. The van der Waals surface area contributed by atoms with E-state index in [-0.39, 0.29) is 0 Å². The van der Waals surface area contributed by atoms with Crippen LogP contribution in [-0.2, 0) is 0 Å². The van der Waals surface area contributed by atoms with Crippen LogP contribution in [0.1, 0.15) is 0 Å². The summed E-state index contributed by atoms with van der Waals surface area (Å²) in [7, 11) is 0. The van der Waals surface area contributed by atoms with Crippen LogP contribution >= 0.6 is 0 Å². The van der Waals surface area contributed by atoms with E-state index in [0.717, 1.165) is 61.5 Å². The largest absolute Gasteiger partial charge is 0.292 e. The molecule has 0 saturated carbocycles. The second-order valence-corrected chi connectivity index (χ2v) is 10.0.